The van der Waals surface area contributed by atoms with E-state index in [1.807, 2.05) is 39.0 Å². The molecule has 1 saturated heterocycles. The number of halogens is 1. The van der Waals surface area contributed by atoms with Crippen LogP contribution < -0.4 is 9.80 Å². The van der Waals surface area contributed by atoms with Crippen molar-refractivity contribution in [1.82, 2.24) is 4.31 Å². The normalized spacial score (nSPS) is 18.6. The van der Waals surface area contributed by atoms with Crippen LogP contribution in [-0.2, 0) is 20.2 Å². The second kappa shape index (κ2) is 8.60. The first kappa shape index (κ1) is 24.0. The largest absolute Gasteiger partial charge is 0.369 e. The Morgan fingerprint density at radius 2 is 1.67 bits per heavy atom. The number of piperazine rings is 1. The average Bonchev–Trinajstić information content (AvgIpc) is 3.05. The number of nitrogens with zero attached hydrogens (tertiary/aromatic N) is 3. The lowest BCUT2D eigenvalue weighted by atomic mass is 9.87. The molecule has 8 heteroatoms. The van der Waals surface area contributed by atoms with E-state index in [9.17, 15) is 13.2 Å². The number of aryl methyl sites for hydroxylation is 1. The standard InChI is InChI=1S/C25H32ClN3O3S/c1-17(2)24(30)29-16-25(4,5)21-15-20(8-9-22(21)29)33(31,32)28-12-10-27(11-13-28)23-14-19(26)7-6-18(23)3/h6-9,14-15,17H,10-13,16H2,1-5H3. The van der Waals surface area contributed by atoms with Crippen molar-refractivity contribution >= 4 is 38.9 Å². The van der Waals surface area contributed by atoms with Gasteiger partial charge in [0.05, 0.1) is 4.90 Å². The Kier molecular flexibility index (Phi) is 6.27. The minimum atomic E-state index is -3.63. The molecule has 0 aliphatic carbocycles. The molecule has 0 atom stereocenters. The summed E-state index contributed by atoms with van der Waals surface area (Å²) in [5, 5.41) is 0.677. The Hall–Kier alpha value is -2.09. The summed E-state index contributed by atoms with van der Waals surface area (Å²) in [5.74, 6) is -0.0561. The van der Waals surface area contributed by atoms with Crippen LogP contribution in [-0.4, -0.2) is 51.4 Å². The van der Waals surface area contributed by atoms with E-state index in [1.54, 1.807) is 27.4 Å². The average molecular weight is 490 g/mol. The molecule has 4 rings (SSSR count). The topological polar surface area (TPSA) is 60.9 Å². The van der Waals surface area contributed by atoms with Gasteiger partial charge in [-0.05, 0) is 48.4 Å². The van der Waals surface area contributed by atoms with E-state index >= 15 is 0 Å². The van der Waals surface area contributed by atoms with Crippen molar-refractivity contribution in [2.45, 2.75) is 44.9 Å². The predicted molar refractivity (Wildman–Crippen MR) is 134 cm³/mol. The maximum absolute atomic E-state index is 13.5. The molecule has 0 aromatic heterocycles. The summed E-state index contributed by atoms with van der Waals surface area (Å²) in [7, 11) is -3.63. The molecule has 2 aliphatic rings. The van der Waals surface area contributed by atoms with Crippen LogP contribution in [0.4, 0.5) is 11.4 Å². The molecule has 0 spiro atoms. The van der Waals surface area contributed by atoms with Gasteiger partial charge in [-0.2, -0.15) is 4.31 Å². The molecule has 0 unspecified atom stereocenters. The summed E-state index contributed by atoms with van der Waals surface area (Å²) in [5.41, 5.74) is 3.59. The Balaban J connectivity index is 1.57. The van der Waals surface area contributed by atoms with Crippen LogP contribution in [0.3, 0.4) is 0 Å². The van der Waals surface area contributed by atoms with Crippen LogP contribution in [0.1, 0.15) is 38.8 Å². The number of hydrogen-bond donors (Lipinski definition) is 0. The van der Waals surface area contributed by atoms with Gasteiger partial charge in [0.1, 0.15) is 0 Å². The lowest BCUT2D eigenvalue weighted by molar-refractivity contribution is -0.121. The van der Waals surface area contributed by atoms with Gasteiger partial charge in [0.2, 0.25) is 15.9 Å². The van der Waals surface area contributed by atoms with Gasteiger partial charge in [-0.1, -0.05) is 45.4 Å². The second-order valence-corrected chi connectivity index (χ2v) is 12.3. The highest BCUT2D eigenvalue weighted by molar-refractivity contribution is 7.89. The minimum absolute atomic E-state index is 0.0601. The maximum atomic E-state index is 13.5. The van der Waals surface area contributed by atoms with E-state index < -0.39 is 10.0 Å². The quantitative estimate of drug-likeness (QED) is 0.637. The number of sulfonamides is 1. The first-order valence-electron chi connectivity index (χ1n) is 11.4. The van der Waals surface area contributed by atoms with Gasteiger partial charge in [0.15, 0.2) is 0 Å². The summed E-state index contributed by atoms with van der Waals surface area (Å²) in [4.78, 5) is 17.0. The third-order valence-electron chi connectivity index (χ3n) is 6.69. The fourth-order valence-corrected chi connectivity index (χ4v) is 6.38. The second-order valence-electron chi connectivity index (χ2n) is 9.96. The molecular weight excluding hydrogens is 458 g/mol. The molecular formula is C25H32ClN3O3S. The van der Waals surface area contributed by atoms with E-state index in [0.29, 0.717) is 42.6 Å². The SMILES string of the molecule is Cc1ccc(Cl)cc1N1CCN(S(=O)(=O)c2ccc3c(c2)C(C)(C)CN3C(=O)C(C)C)CC1. The molecule has 0 saturated carbocycles. The molecule has 2 aliphatic heterocycles. The minimum Gasteiger partial charge on any atom is -0.369 e. The van der Waals surface area contributed by atoms with Crippen molar-refractivity contribution in [2.75, 3.05) is 42.5 Å². The zero-order valence-electron chi connectivity index (χ0n) is 19.9. The van der Waals surface area contributed by atoms with Crippen molar-refractivity contribution in [1.29, 1.82) is 0 Å². The summed E-state index contributed by atoms with van der Waals surface area (Å²) < 4.78 is 28.5. The summed E-state index contributed by atoms with van der Waals surface area (Å²) in [6.07, 6.45) is 0. The molecule has 0 bridgehead atoms. The third-order valence-corrected chi connectivity index (χ3v) is 8.82. The molecule has 2 aromatic rings. The predicted octanol–water partition coefficient (Wildman–Crippen LogP) is 4.44. The van der Waals surface area contributed by atoms with Gasteiger partial charge in [-0.3, -0.25) is 4.79 Å². The van der Waals surface area contributed by atoms with Crippen molar-refractivity contribution in [3.63, 3.8) is 0 Å². The molecule has 1 amide bonds. The van der Waals surface area contributed by atoms with Crippen molar-refractivity contribution in [3.05, 3.63) is 52.5 Å². The lowest BCUT2D eigenvalue weighted by Gasteiger charge is -2.36. The highest BCUT2D eigenvalue weighted by atomic mass is 35.5. The number of hydrogen-bond acceptors (Lipinski definition) is 4. The van der Waals surface area contributed by atoms with Crippen LogP contribution in [0.15, 0.2) is 41.3 Å². The first-order chi connectivity index (χ1) is 15.4. The monoisotopic (exact) mass is 489 g/mol. The summed E-state index contributed by atoms with van der Waals surface area (Å²) in [6, 6.07) is 11.0. The third kappa shape index (κ3) is 4.38. The van der Waals surface area contributed by atoms with Crippen LogP contribution >= 0.6 is 11.6 Å². The number of rotatable bonds is 4. The lowest BCUT2D eigenvalue weighted by Crippen LogP contribution is -2.48. The van der Waals surface area contributed by atoms with E-state index in [0.717, 1.165) is 22.5 Å². The van der Waals surface area contributed by atoms with Gasteiger partial charge in [0, 0.05) is 60.5 Å². The highest BCUT2D eigenvalue weighted by Crippen LogP contribution is 2.42. The van der Waals surface area contributed by atoms with Crippen molar-refractivity contribution in [2.24, 2.45) is 5.92 Å². The van der Waals surface area contributed by atoms with Gasteiger partial charge >= 0.3 is 0 Å². The number of anilines is 2. The van der Waals surface area contributed by atoms with E-state index in [4.69, 9.17) is 11.6 Å². The number of fused-ring (bicyclic) bond motifs is 1. The Morgan fingerprint density at radius 3 is 2.30 bits per heavy atom. The zero-order valence-corrected chi connectivity index (χ0v) is 21.5. The van der Waals surface area contributed by atoms with Crippen molar-refractivity contribution in [3.8, 4) is 0 Å². The molecule has 1 fully saturated rings. The van der Waals surface area contributed by atoms with Gasteiger partial charge < -0.3 is 9.80 Å². The number of benzene rings is 2. The molecule has 2 aromatic carbocycles. The molecule has 6 nitrogen and oxygen atoms in total. The molecule has 2 heterocycles. The highest BCUT2D eigenvalue weighted by Gasteiger charge is 2.40. The van der Waals surface area contributed by atoms with E-state index in [-0.39, 0.29) is 17.2 Å². The van der Waals surface area contributed by atoms with Crippen molar-refractivity contribution < 1.29 is 13.2 Å². The Bertz CT molecular complexity index is 1190. The van der Waals surface area contributed by atoms with Crippen LogP contribution in [0.25, 0.3) is 0 Å². The van der Waals surface area contributed by atoms with Crippen LogP contribution in [0.2, 0.25) is 5.02 Å². The van der Waals surface area contributed by atoms with Gasteiger partial charge in [0.25, 0.3) is 0 Å². The van der Waals surface area contributed by atoms with E-state index in [1.165, 1.54) is 0 Å². The fraction of sp³-hybridized carbons (Fsp3) is 0.480. The molecule has 0 N–H and O–H groups in total. The van der Waals surface area contributed by atoms with Gasteiger partial charge in [-0.25, -0.2) is 8.42 Å². The van der Waals surface area contributed by atoms with Gasteiger partial charge in [-0.15, -0.1) is 0 Å². The number of carbonyl (C=O) groups is 1. The number of carbonyl (C=O) groups excluding carboxylic acids is 1. The fourth-order valence-electron chi connectivity index (χ4n) is 4.77. The van der Waals surface area contributed by atoms with E-state index in [2.05, 4.69) is 18.7 Å². The van der Waals surface area contributed by atoms with Crippen LogP contribution in [0, 0.1) is 12.8 Å². The molecule has 33 heavy (non-hydrogen) atoms. The smallest absolute Gasteiger partial charge is 0.243 e. The molecule has 0 radical (unpaired) electrons. The number of amides is 1. The maximum Gasteiger partial charge on any atom is 0.243 e. The zero-order chi connectivity index (χ0) is 24.1. The first-order valence-corrected chi connectivity index (χ1v) is 13.2. The molecule has 178 valence electrons. The Labute approximate surface area is 202 Å². The Morgan fingerprint density at radius 1 is 1.00 bits per heavy atom. The van der Waals surface area contributed by atoms with Crippen LogP contribution in [0.5, 0.6) is 0 Å². The summed E-state index contributed by atoms with van der Waals surface area (Å²) in [6.45, 7) is 12.5. The summed E-state index contributed by atoms with van der Waals surface area (Å²) >= 11 is 6.18.